The van der Waals surface area contributed by atoms with Crippen molar-refractivity contribution in [3.8, 4) is 11.5 Å². The monoisotopic (exact) mass is 553 g/mol. The van der Waals surface area contributed by atoms with Gasteiger partial charge < -0.3 is 9.73 Å². The van der Waals surface area contributed by atoms with Gasteiger partial charge in [-0.05, 0) is 48.5 Å². The van der Waals surface area contributed by atoms with Crippen LogP contribution in [0, 0.1) is 10.1 Å². The molecule has 0 unspecified atom stereocenters. The van der Waals surface area contributed by atoms with Crippen molar-refractivity contribution in [2.24, 2.45) is 0 Å². The number of nitro groups is 1. The smallest absolute Gasteiger partial charge is 0.322 e. The van der Waals surface area contributed by atoms with Gasteiger partial charge in [-0.3, -0.25) is 25.0 Å². The maximum atomic E-state index is 12.8. The molecule has 5 rings (SSSR count). The lowest BCUT2D eigenvalue weighted by Gasteiger charge is -2.06. The molecule has 10 nitrogen and oxygen atoms in total. The molecule has 0 aliphatic heterocycles. The number of thiophene rings is 1. The van der Waals surface area contributed by atoms with Gasteiger partial charge in [-0.15, -0.1) is 16.4 Å². The lowest BCUT2D eigenvalue weighted by Crippen LogP contribution is -2.13. The van der Waals surface area contributed by atoms with E-state index in [0.717, 1.165) is 10.1 Å². The van der Waals surface area contributed by atoms with Crippen molar-refractivity contribution in [2.45, 2.75) is 0 Å². The molecule has 2 heterocycles. The zero-order chi connectivity index (χ0) is 26.1. The topological polar surface area (TPSA) is 140 Å². The third kappa shape index (κ3) is 5.14. The van der Waals surface area contributed by atoms with Gasteiger partial charge in [0, 0.05) is 44.1 Å². The van der Waals surface area contributed by atoms with Crippen LogP contribution < -0.4 is 10.6 Å². The number of non-ortho nitro benzene ring substituents is 1. The predicted molar refractivity (Wildman–Crippen MR) is 141 cm³/mol. The number of aromatic nitrogens is 2. The number of halogens is 2. The summed E-state index contributed by atoms with van der Waals surface area (Å²) < 4.78 is 6.23. The van der Waals surface area contributed by atoms with E-state index < -0.39 is 10.8 Å². The van der Waals surface area contributed by atoms with E-state index in [1.165, 1.54) is 47.7 Å². The number of hydrogen-bond donors (Lipinski definition) is 2. The SMILES string of the molecule is O=C(Nc1nnc(-c2ccc([N+](=O)[O-])cc2)o1)c1ccc(NC(=O)c2sc3cc(Cl)ccc3c2Cl)cc1. The molecule has 3 aromatic carbocycles. The molecule has 2 amide bonds. The second-order valence-corrected chi connectivity index (χ2v) is 9.45. The molecule has 2 aromatic heterocycles. The van der Waals surface area contributed by atoms with E-state index in [9.17, 15) is 19.7 Å². The Morgan fingerprint density at radius 2 is 1.65 bits per heavy atom. The highest BCUT2D eigenvalue weighted by molar-refractivity contribution is 7.21. The Balaban J connectivity index is 1.24. The molecule has 2 N–H and O–H groups in total. The first kappa shape index (κ1) is 24.4. The average Bonchev–Trinajstić information content (AvgIpc) is 3.48. The molecule has 37 heavy (non-hydrogen) atoms. The van der Waals surface area contributed by atoms with Crippen LogP contribution in [0.4, 0.5) is 17.4 Å². The number of fused-ring (bicyclic) bond motifs is 1. The molecule has 0 atom stereocenters. The Hall–Kier alpha value is -4.32. The average molecular weight is 554 g/mol. The molecule has 0 bridgehead atoms. The first-order valence-electron chi connectivity index (χ1n) is 10.5. The van der Waals surface area contributed by atoms with Crippen LogP contribution in [-0.2, 0) is 0 Å². The third-order valence-corrected chi connectivity index (χ3v) is 7.06. The summed E-state index contributed by atoms with van der Waals surface area (Å²) in [6.45, 7) is 0. The molecule has 0 aliphatic carbocycles. The maximum Gasteiger partial charge on any atom is 0.322 e. The summed E-state index contributed by atoms with van der Waals surface area (Å²) in [5.41, 5.74) is 1.13. The molecular formula is C24H13Cl2N5O5S. The Morgan fingerprint density at radius 3 is 2.35 bits per heavy atom. The zero-order valence-electron chi connectivity index (χ0n) is 18.4. The van der Waals surface area contributed by atoms with E-state index >= 15 is 0 Å². The molecule has 0 spiro atoms. The highest BCUT2D eigenvalue weighted by Gasteiger charge is 2.18. The first-order valence-corrected chi connectivity index (χ1v) is 12.0. The van der Waals surface area contributed by atoms with Crippen molar-refractivity contribution in [1.82, 2.24) is 10.2 Å². The van der Waals surface area contributed by atoms with E-state index in [-0.39, 0.29) is 29.1 Å². The van der Waals surface area contributed by atoms with E-state index in [1.54, 1.807) is 30.3 Å². The summed E-state index contributed by atoms with van der Waals surface area (Å²) in [5.74, 6) is -0.809. The van der Waals surface area contributed by atoms with Crippen molar-refractivity contribution < 1.29 is 18.9 Å². The van der Waals surface area contributed by atoms with Gasteiger partial charge in [-0.2, -0.15) is 0 Å². The van der Waals surface area contributed by atoms with Crippen LogP contribution in [0.1, 0.15) is 20.0 Å². The molecule has 5 aromatic rings. The summed E-state index contributed by atoms with van der Waals surface area (Å²) in [7, 11) is 0. The van der Waals surface area contributed by atoms with E-state index in [1.807, 2.05) is 0 Å². The highest BCUT2D eigenvalue weighted by atomic mass is 35.5. The minimum Gasteiger partial charge on any atom is -0.403 e. The minimum atomic E-state index is -0.518. The molecule has 0 saturated carbocycles. The van der Waals surface area contributed by atoms with Crippen LogP contribution in [-0.4, -0.2) is 26.9 Å². The standard InChI is InChI=1S/C24H13Cl2N5O5S/c25-14-5-10-17-18(11-14)37-20(19(17)26)22(33)27-15-6-1-12(2-7-15)21(32)28-24-30-29-23(36-24)13-3-8-16(9-4-13)31(34)35/h1-11H,(H,27,33)(H,28,30,32). The number of carbonyl (C=O) groups is 2. The number of carbonyl (C=O) groups excluding carboxylic acids is 2. The van der Waals surface area contributed by atoms with Crippen molar-refractivity contribution in [1.29, 1.82) is 0 Å². The maximum absolute atomic E-state index is 12.8. The quantitative estimate of drug-likeness (QED) is 0.176. The summed E-state index contributed by atoms with van der Waals surface area (Å²) in [5, 5.41) is 25.3. The normalized spacial score (nSPS) is 10.9. The molecule has 0 saturated heterocycles. The van der Waals surface area contributed by atoms with E-state index in [2.05, 4.69) is 20.8 Å². The third-order valence-electron chi connectivity index (χ3n) is 5.17. The summed E-state index contributed by atoms with van der Waals surface area (Å²) in [6, 6.07) is 16.8. The first-order chi connectivity index (χ1) is 17.8. The lowest BCUT2D eigenvalue weighted by molar-refractivity contribution is -0.384. The second-order valence-electron chi connectivity index (χ2n) is 7.59. The lowest BCUT2D eigenvalue weighted by atomic mass is 10.2. The van der Waals surface area contributed by atoms with Crippen LogP contribution in [0.15, 0.2) is 71.1 Å². The van der Waals surface area contributed by atoms with Gasteiger partial charge in [0.1, 0.15) is 4.88 Å². The van der Waals surface area contributed by atoms with Crippen LogP contribution >= 0.6 is 34.5 Å². The summed E-state index contributed by atoms with van der Waals surface area (Å²) in [6.07, 6.45) is 0. The van der Waals surface area contributed by atoms with Crippen molar-refractivity contribution in [2.75, 3.05) is 10.6 Å². The highest BCUT2D eigenvalue weighted by Crippen LogP contribution is 2.37. The zero-order valence-corrected chi connectivity index (χ0v) is 20.7. The van der Waals surface area contributed by atoms with Crippen molar-refractivity contribution in [3.63, 3.8) is 0 Å². The largest absolute Gasteiger partial charge is 0.403 e. The summed E-state index contributed by atoms with van der Waals surface area (Å²) >= 11 is 13.6. The van der Waals surface area contributed by atoms with Crippen LogP contribution in [0.25, 0.3) is 21.5 Å². The Labute approximate surface area is 222 Å². The van der Waals surface area contributed by atoms with Crippen molar-refractivity contribution in [3.05, 3.63) is 97.3 Å². The van der Waals surface area contributed by atoms with E-state index in [0.29, 0.717) is 26.2 Å². The van der Waals surface area contributed by atoms with Crippen molar-refractivity contribution >= 4 is 73.8 Å². The Kier molecular flexibility index (Phi) is 6.57. The van der Waals surface area contributed by atoms with Gasteiger partial charge in [0.15, 0.2) is 0 Å². The number of nitrogens with one attached hydrogen (secondary N) is 2. The minimum absolute atomic E-state index is 0.0757. The fourth-order valence-electron chi connectivity index (χ4n) is 3.36. The molecule has 0 fully saturated rings. The number of nitrogens with zero attached hydrogens (tertiary/aromatic N) is 3. The number of rotatable bonds is 6. The molecule has 0 aliphatic rings. The van der Waals surface area contributed by atoms with Gasteiger partial charge >= 0.3 is 6.01 Å². The number of benzene rings is 3. The van der Waals surface area contributed by atoms with E-state index in [4.69, 9.17) is 27.6 Å². The van der Waals surface area contributed by atoms with Gasteiger partial charge in [-0.1, -0.05) is 34.4 Å². The molecule has 0 radical (unpaired) electrons. The second kappa shape index (κ2) is 9.97. The summed E-state index contributed by atoms with van der Waals surface area (Å²) in [4.78, 5) is 36.0. The van der Waals surface area contributed by atoms with Crippen LogP contribution in [0.3, 0.4) is 0 Å². The Bertz CT molecular complexity index is 1670. The number of nitro benzene ring substituents is 1. The Morgan fingerprint density at radius 1 is 0.919 bits per heavy atom. The van der Waals surface area contributed by atoms with Gasteiger partial charge in [0.2, 0.25) is 5.89 Å². The predicted octanol–water partition coefficient (Wildman–Crippen LogP) is 6.67. The van der Waals surface area contributed by atoms with Crippen LogP contribution in [0.2, 0.25) is 10.0 Å². The fraction of sp³-hybridized carbons (Fsp3) is 0. The number of hydrogen-bond acceptors (Lipinski definition) is 8. The molecule has 13 heteroatoms. The number of amides is 2. The molecular weight excluding hydrogens is 541 g/mol. The molecule has 184 valence electrons. The van der Waals surface area contributed by atoms with Gasteiger partial charge in [0.05, 0.1) is 9.95 Å². The van der Waals surface area contributed by atoms with Gasteiger partial charge in [-0.25, -0.2) is 0 Å². The van der Waals surface area contributed by atoms with Crippen LogP contribution in [0.5, 0.6) is 0 Å². The fourth-order valence-corrected chi connectivity index (χ4v) is 5.05. The van der Waals surface area contributed by atoms with Gasteiger partial charge in [0.25, 0.3) is 17.5 Å². The number of anilines is 2.